The van der Waals surface area contributed by atoms with Gasteiger partial charge in [0.05, 0.1) is 16.4 Å². The molecule has 0 unspecified atom stereocenters. The van der Waals surface area contributed by atoms with Crippen LogP contribution in [0.3, 0.4) is 0 Å². The molecule has 0 spiro atoms. The highest BCUT2D eigenvalue weighted by Crippen LogP contribution is 2.24. The fourth-order valence-electron chi connectivity index (χ4n) is 1.66. The molecule has 0 N–H and O–H groups in total. The summed E-state index contributed by atoms with van der Waals surface area (Å²) in [5.41, 5.74) is 1.36. The van der Waals surface area contributed by atoms with E-state index in [1.165, 1.54) is 7.11 Å². The minimum Gasteiger partial charge on any atom is -0.399 e. The quantitative estimate of drug-likeness (QED) is 0.675. The number of hydrogen-bond acceptors (Lipinski definition) is 4. The Kier molecular flexibility index (Phi) is 2.48. The van der Waals surface area contributed by atoms with Crippen molar-refractivity contribution in [2.45, 2.75) is 11.3 Å². The van der Waals surface area contributed by atoms with E-state index in [4.69, 9.17) is 4.84 Å². The fraction of sp³-hybridized carbons (Fsp3) is 0.300. The van der Waals surface area contributed by atoms with Crippen LogP contribution in [0.1, 0.15) is 12.0 Å². The standard InChI is InChI=1S/C10H11NO3S/c1-14-11-9-6-7-15(12,13)10-5-3-2-4-8(9)10/h2-5H,6-7H2,1H3. The Labute approximate surface area is 88.5 Å². The lowest BCUT2D eigenvalue weighted by Gasteiger charge is -2.16. The van der Waals surface area contributed by atoms with Crippen molar-refractivity contribution in [3.63, 3.8) is 0 Å². The van der Waals surface area contributed by atoms with E-state index >= 15 is 0 Å². The second kappa shape index (κ2) is 3.66. The van der Waals surface area contributed by atoms with Crippen LogP contribution in [0.4, 0.5) is 0 Å². The molecular formula is C10H11NO3S. The molecular weight excluding hydrogens is 214 g/mol. The zero-order valence-electron chi connectivity index (χ0n) is 8.30. The molecule has 4 nitrogen and oxygen atoms in total. The molecule has 1 aromatic carbocycles. The smallest absolute Gasteiger partial charge is 0.179 e. The second-order valence-electron chi connectivity index (χ2n) is 3.29. The SMILES string of the molecule is CON=C1CCS(=O)(=O)c2ccccc21. The molecule has 1 aliphatic rings. The average Bonchev–Trinajstić information content (AvgIpc) is 2.23. The lowest BCUT2D eigenvalue weighted by Crippen LogP contribution is -2.21. The Morgan fingerprint density at radius 2 is 2.07 bits per heavy atom. The minimum atomic E-state index is -3.13. The lowest BCUT2D eigenvalue weighted by molar-refractivity contribution is 0.213. The van der Waals surface area contributed by atoms with Crippen molar-refractivity contribution in [3.05, 3.63) is 29.8 Å². The number of rotatable bonds is 1. The molecule has 0 saturated carbocycles. The predicted octanol–water partition coefficient (Wildman–Crippen LogP) is 1.21. The fourth-order valence-corrected chi connectivity index (χ4v) is 3.15. The van der Waals surface area contributed by atoms with Crippen molar-refractivity contribution in [2.24, 2.45) is 5.16 Å². The van der Waals surface area contributed by atoms with Gasteiger partial charge in [-0.15, -0.1) is 0 Å². The second-order valence-corrected chi connectivity index (χ2v) is 5.36. The molecule has 80 valence electrons. The Hall–Kier alpha value is -1.36. The van der Waals surface area contributed by atoms with Gasteiger partial charge in [0.2, 0.25) is 0 Å². The van der Waals surface area contributed by atoms with Crippen molar-refractivity contribution in [1.82, 2.24) is 0 Å². The van der Waals surface area contributed by atoms with Gasteiger partial charge in [-0.25, -0.2) is 8.42 Å². The molecule has 0 saturated heterocycles. The first-order valence-electron chi connectivity index (χ1n) is 4.57. The molecule has 0 fully saturated rings. The van der Waals surface area contributed by atoms with E-state index in [2.05, 4.69) is 5.16 Å². The van der Waals surface area contributed by atoms with Gasteiger partial charge in [0.25, 0.3) is 0 Å². The van der Waals surface area contributed by atoms with Crippen molar-refractivity contribution in [3.8, 4) is 0 Å². The van der Waals surface area contributed by atoms with E-state index in [9.17, 15) is 8.42 Å². The number of fused-ring (bicyclic) bond motifs is 1. The van der Waals surface area contributed by atoms with Gasteiger partial charge in [0, 0.05) is 12.0 Å². The summed E-state index contributed by atoms with van der Waals surface area (Å²) in [5, 5.41) is 3.84. The van der Waals surface area contributed by atoms with Gasteiger partial charge in [-0.3, -0.25) is 0 Å². The summed E-state index contributed by atoms with van der Waals surface area (Å²) < 4.78 is 23.5. The van der Waals surface area contributed by atoms with Crippen LogP contribution in [-0.4, -0.2) is 27.0 Å². The molecule has 2 rings (SSSR count). The molecule has 0 aliphatic carbocycles. The molecule has 0 aromatic heterocycles. The number of nitrogens with zero attached hydrogens (tertiary/aromatic N) is 1. The third-order valence-electron chi connectivity index (χ3n) is 2.34. The number of sulfone groups is 1. The summed E-state index contributed by atoms with van der Waals surface area (Å²) in [6.07, 6.45) is 0.410. The Morgan fingerprint density at radius 3 is 2.80 bits per heavy atom. The lowest BCUT2D eigenvalue weighted by atomic mass is 10.1. The maximum atomic E-state index is 11.7. The van der Waals surface area contributed by atoms with Crippen LogP contribution in [0.15, 0.2) is 34.3 Å². The number of benzene rings is 1. The molecule has 5 heteroatoms. The van der Waals surface area contributed by atoms with E-state index < -0.39 is 9.84 Å². The van der Waals surface area contributed by atoms with E-state index in [-0.39, 0.29) is 5.75 Å². The van der Waals surface area contributed by atoms with Gasteiger partial charge in [-0.05, 0) is 6.07 Å². The van der Waals surface area contributed by atoms with Crippen LogP contribution >= 0.6 is 0 Å². The van der Waals surface area contributed by atoms with Crippen LogP contribution in [0.5, 0.6) is 0 Å². The highest BCUT2D eigenvalue weighted by atomic mass is 32.2. The van der Waals surface area contributed by atoms with Gasteiger partial charge < -0.3 is 4.84 Å². The van der Waals surface area contributed by atoms with E-state index in [1.54, 1.807) is 24.3 Å². The number of oxime groups is 1. The summed E-state index contributed by atoms with van der Waals surface area (Å²) in [7, 11) is -1.67. The van der Waals surface area contributed by atoms with Crippen molar-refractivity contribution in [2.75, 3.05) is 12.9 Å². The van der Waals surface area contributed by atoms with Gasteiger partial charge in [0.15, 0.2) is 9.84 Å². The predicted molar refractivity (Wildman–Crippen MR) is 56.7 cm³/mol. The molecule has 0 atom stereocenters. The average molecular weight is 225 g/mol. The maximum Gasteiger partial charge on any atom is 0.179 e. The Morgan fingerprint density at radius 1 is 1.33 bits per heavy atom. The van der Waals surface area contributed by atoms with Crippen molar-refractivity contribution >= 4 is 15.5 Å². The molecule has 15 heavy (non-hydrogen) atoms. The highest BCUT2D eigenvalue weighted by Gasteiger charge is 2.27. The Balaban J connectivity index is 2.64. The molecule has 1 aromatic rings. The van der Waals surface area contributed by atoms with Gasteiger partial charge in [-0.1, -0.05) is 23.4 Å². The van der Waals surface area contributed by atoms with Crippen LogP contribution in [-0.2, 0) is 14.7 Å². The van der Waals surface area contributed by atoms with Crippen LogP contribution in [0.2, 0.25) is 0 Å². The normalized spacial score (nSPS) is 21.0. The zero-order chi connectivity index (χ0) is 10.9. The molecule has 0 amide bonds. The monoisotopic (exact) mass is 225 g/mol. The van der Waals surface area contributed by atoms with Crippen LogP contribution < -0.4 is 0 Å². The third kappa shape index (κ3) is 1.74. The zero-order valence-corrected chi connectivity index (χ0v) is 9.12. The Bertz CT molecular complexity index is 505. The molecule has 1 heterocycles. The summed E-state index contributed by atoms with van der Waals surface area (Å²) in [5.74, 6) is 0.103. The van der Waals surface area contributed by atoms with Crippen LogP contribution in [0, 0.1) is 0 Å². The van der Waals surface area contributed by atoms with Crippen LogP contribution in [0.25, 0.3) is 0 Å². The van der Waals surface area contributed by atoms with Crippen molar-refractivity contribution < 1.29 is 13.3 Å². The van der Waals surface area contributed by atoms with E-state index in [0.29, 0.717) is 22.6 Å². The summed E-state index contributed by atoms with van der Waals surface area (Å²) in [4.78, 5) is 5.05. The van der Waals surface area contributed by atoms with Gasteiger partial charge >= 0.3 is 0 Å². The highest BCUT2D eigenvalue weighted by molar-refractivity contribution is 7.91. The molecule has 1 aliphatic heterocycles. The first kappa shape index (κ1) is 10.2. The third-order valence-corrected chi connectivity index (χ3v) is 4.11. The first-order valence-corrected chi connectivity index (χ1v) is 6.22. The minimum absolute atomic E-state index is 0.103. The summed E-state index contributed by atoms with van der Waals surface area (Å²) >= 11 is 0. The summed E-state index contributed by atoms with van der Waals surface area (Å²) in [6.45, 7) is 0. The topological polar surface area (TPSA) is 55.7 Å². The van der Waals surface area contributed by atoms with Gasteiger partial charge in [-0.2, -0.15) is 0 Å². The molecule has 0 radical (unpaired) electrons. The van der Waals surface area contributed by atoms with Gasteiger partial charge in [0.1, 0.15) is 7.11 Å². The van der Waals surface area contributed by atoms with Crippen molar-refractivity contribution in [1.29, 1.82) is 0 Å². The van der Waals surface area contributed by atoms with E-state index in [0.717, 1.165) is 0 Å². The first-order chi connectivity index (χ1) is 7.15. The largest absolute Gasteiger partial charge is 0.399 e. The maximum absolute atomic E-state index is 11.7. The number of hydrogen-bond donors (Lipinski definition) is 0. The molecule has 0 bridgehead atoms. The van der Waals surface area contributed by atoms with E-state index in [1.807, 2.05) is 0 Å². The summed E-state index contributed by atoms with van der Waals surface area (Å²) in [6, 6.07) is 6.87.